The Labute approximate surface area is 241 Å². The van der Waals surface area contributed by atoms with Crippen molar-refractivity contribution >= 4 is 35.1 Å². The molecule has 3 atom stereocenters. The van der Waals surface area contributed by atoms with E-state index in [2.05, 4.69) is 15.3 Å². The summed E-state index contributed by atoms with van der Waals surface area (Å²) in [5, 5.41) is 3.12. The van der Waals surface area contributed by atoms with E-state index in [0.717, 1.165) is 0 Å². The SMILES string of the molecule is C[C@H]1CC[C@@H](C(=O)N(c2cccc(F)c2)[C@H](C(=O)NC2CCC(F)(F)CC2)c2ccccc2Cl)N1c1ncccn1. The maximum Gasteiger partial charge on any atom is 0.250 e. The third-order valence-electron chi connectivity index (χ3n) is 7.83. The molecule has 1 aliphatic carbocycles. The number of nitrogens with one attached hydrogen (secondary N) is 1. The lowest BCUT2D eigenvalue weighted by Gasteiger charge is -2.37. The first-order chi connectivity index (χ1) is 19.6. The number of nitrogens with zero attached hydrogens (tertiary/aromatic N) is 4. The van der Waals surface area contributed by atoms with E-state index in [1.807, 2.05) is 11.8 Å². The van der Waals surface area contributed by atoms with Gasteiger partial charge in [-0.05, 0) is 62.9 Å². The number of amides is 2. The molecule has 216 valence electrons. The third-order valence-corrected chi connectivity index (χ3v) is 8.17. The number of carbonyl (C=O) groups excluding carboxylic acids is 2. The summed E-state index contributed by atoms with van der Waals surface area (Å²) in [6.45, 7) is 1.97. The summed E-state index contributed by atoms with van der Waals surface area (Å²) < 4.78 is 42.3. The summed E-state index contributed by atoms with van der Waals surface area (Å²) in [5.41, 5.74) is 0.498. The molecular weight excluding hydrogens is 555 g/mol. The largest absolute Gasteiger partial charge is 0.351 e. The number of benzene rings is 2. The van der Waals surface area contributed by atoms with Crippen LogP contribution in [0.2, 0.25) is 5.02 Å². The Morgan fingerprint density at radius 1 is 1.02 bits per heavy atom. The van der Waals surface area contributed by atoms with Crippen LogP contribution in [0.4, 0.5) is 24.8 Å². The van der Waals surface area contributed by atoms with Gasteiger partial charge in [0, 0.05) is 53.6 Å². The van der Waals surface area contributed by atoms with Crippen LogP contribution in [0.25, 0.3) is 0 Å². The lowest BCUT2D eigenvalue weighted by Crippen LogP contribution is -2.53. The van der Waals surface area contributed by atoms with Crippen LogP contribution in [-0.2, 0) is 9.59 Å². The first kappa shape index (κ1) is 28.9. The highest BCUT2D eigenvalue weighted by molar-refractivity contribution is 6.31. The quantitative estimate of drug-likeness (QED) is 0.363. The molecule has 0 spiro atoms. The maximum atomic E-state index is 14.6. The predicted molar refractivity (Wildman–Crippen MR) is 150 cm³/mol. The molecule has 0 bridgehead atoms. The smallest absolute Gasteiger partial charge is 0.250 e. The Kier molecular flexibility index (Phi) is 8.49. The molecule has 2 aromatic carbocycles. The molecule has 7 nitrogen and oxygen atoms in total. The van der Waals surface area contributed by atoms with E-state index in [-0.39, 0.29) is 42.4 Å². The number of hydrogen-bond donors (Lipinski definition) is 1. The fourth-order valence-electron chi connectivity index (χ4n) is 5.74. The summed E-state index contributed by atoms with van der Waals surface area (Å²) in [6, 6.07) is 11.2. The lowest BCUT2D eigenvalue weighted by molar-refractivity contribution is -0.128. The van der Waals surface area contributed by atoms with E-state index < -0.39 is 41.7 Å². The molecule has 1 saturated heterocycles. The molecule has 1 saturated carbocycles. The van der Waals surface area contributed by atoms with Crippen LogP contribution in [0, 0.1) is 5.82 Å². The molecule has 5 rings (SSSR count). The van der Waals surface area contributed by atoms with Crippen LogP contribution in [0.3, 0.4) is 0 Å². The zero-order chi connectivity index (χ0) is 29.1. The van der Waals surface area contributed by atoms with Gasteiger partial charge >= 0.3 is 0 Å². The summed E-state index contributed by atoms with van der Waals surface area (Å²) in [4.78, 5) is 40.5. The highest BCUT2D eigenvalue weighted by Crippen LogP contribution is 2.38. The molecular formula is C30H31ClF3N5O2. The Morgan fingerprint density at radius 2 is 1.73 bits per heavy atom. The van der Waals surface area contributed by atoms with Gasteiger partial charge in [-0.25, -0.2) is 23.1 Å². The Bertz CT molecular complexity index is 1390. The minimum atomic E-state index is -2.77. The number of carbonyl (C=O) groups is 2. The second-order valence-corrected chi connectivity index (χ2v) is 11.1. The van der Waals surface area contributed by atoms with Crippen LogP contribution in [0.5, 0.6) is 0 Å². The van der Waals surface area contributed by atoms with Crippen LogP contribution in [-0.4, -0.2) is 45.8 Å². The van der Waals surface area contributed by atoms with Gasteiger partial charge in [-0.15, -0.1) is 0 Å². The van der Waals surface area contributed by atoms with Crippen LogP contribution >= 0.6 is 11.6 Å². The monoisotopic (exact) mass is 585 g/mol. The van der Waals surface area contributed by atoms with E-state index in [4.69, 9.17) is 11.6 Å². The zero-order valence-corrected chi connectivity index (χ0v) is 23.3. The Balaban J connectivity index is 1.57. The van der Waals surface area contributed by atoms with Crippen molar-refractivity contribution < 1.29 is 22.8 Å². The molecule has 0 radical (unpaired) electrons. The molecule has 2 heterocycles. The van der Waals surface area contributed by atoms with Gasteiger partial charge in [0.15, 0.2) is 0 Å². The number of hydrogen-bond acceptors (Lipinski definition) is 5. The van der Waals surface area contributed by atoms with Gasteiger partial charge in [-0.3, -0.25) is 14.5 Å². The zero-order valence-electron chi connectivity index (χ0n) is 22.5. The first-order valence-electron chi connectivity index (χ1n) is 13.7. The van der Waals surface area contributed by atoms with Crippen molar-refractivity contribution in [3.8, 4) is 0 Å². The summed E-state index contributed by atoms with van der Waals surface area (Å²) in [6.07, 6.45) is 3.83. The molecule has 2 amide bonds. The van der Waals surface area contributed by atoms with Crippen molar-refractivity contribution in [2.24, 2.45) is 0 Å². The number of aromatic nitrogens is 2. The van der Waals surface area contributed by atoms with Crippen LogP contribution in [0.15, 0.2) is 67.0 Å². The Hall–Kier alpha value is -3.66. The van der Waals surface area contributed by atoms with Crippen LogP contribution in [0.1, 0.15) is 57.1 Å². The molecule has 1 aromatic heterocycles. The normalized spacial score (nSPS) is 21.3. The van der Waals surface area contributed by atoms with Gasteiger partial charge in [-0.2, -0.15) is 0 Å². The standard InChI is InChI=1S/C30H31ClF3N5O2/c1-19-10-11-25(38(19)29-35-16-5-17-36-29)28(41)39(22-7-4-6-20(32)18-22)26(23-8-2-3-9-24(23)31)27(40)37-21-12-14-30(33,34)15-13-21/h2-9,16-19,21,25-26H,10-15H2,1H3,(H,37,40)/t19-,25-,26-/m0/s1. The molecule has 3 aromatic rings. The predicted octanol–water partition coefficient (Wildman–Crippen LogP) is 6.10. The molecule has 0 unspecified atom stereocenters. The van der Waals surface area contributed by atoms with Crippen molar-refractivity contribution in [2.75, 3.05) is 9.80 Å². The average molecular weight is 586 g/mol. The minimum Gasteiger partial charge on any atom is -0.351 e. The van der Waals surface area contributed by atoms with Gasteiger partial charge < -0.3 is 10.2 Å². The average Bonchev–Trinajstić information content (AvgIpc) is 3.34. The van der Waals surface area contributed by atoms with Gasteiger partial charge in [0.25, 0.3) is 5.91 Å². The molecule has 2 aliphatic rings. The Morgan fingerprint density at radius 3 is 2.41 bits per heavy atom. The van der Waals surface area contributed by atoms with Gasteiger partial charge in [0.1, 0.15) is 17.9 Å². The van der Waals surface area contributed by atoms with Gasteiger partial charge in [-0.1, -0.05) is 35.9 Å². The molecule has 41 heavy (non-hydrogen) atoms. The van der Waals surface area contributed by atoms with E-state index in [1.54, 1.807) is 48.8 Å². The second kappa shape index (κ2) is 12.1. The topological polar surface area (TPSA) is 78.4 Å². The van der Waals surface area contributed by atoms with E-state index >= 15 is 0 Å². The maximum absolute atomic E-state index is 14.6. The fraction of sp³-hybridized carbons (Fsp3) is 0.400. The summed E-state index contributed by atoms with van der Waals surface area (Å²) in [7, 11) is 0. The van der Waals surface area contributed by atoms with Crippen molar-refractivity contribution in [1.82, 2.24) is 15.3 Å². The van der Waals surface area contributed by atoms with E-state index in [0.29, 0.717) is 24.4 Å². The van der Waals surface area contributed by atoms with Gasteiger partial charge in [0.05, 0.1) is 0 Å². The van der Waals surface area contributed by atoms with Crippen molar-refractivity contribution in [2.45, 2.75) is 75.5 Å². The number of rotatable bonds is 7. The molecule has 1 aliphatic heterocycles. The third kappa shape index (κ3) is 6.32. The molecule has 11 heteroatoms. The van der Waals surface area contributed by atoms with Crippen molar-refractivity contribution in [1.29, 1.82) is 0 Å². The number of anilines is 2. The van der Waals surface area contributed by atoms with Crippen molar-refractivity contribution in [3.63, 3.8) is 0 Å². The first-order valence-corrected chi connectivity index (χ1v) is 14.1. The van der Waals surface area contributed by atoms with Gasteiger partial charge in [0.2, 0.25) is 17.8 Å². The highest BCUT2D eigenvalue weighted by Gasteiger charge is 2.44. The second-order valence-electron chi connectivity index (χ2n) is 10.6. The summed E-state index contributed by atoms with van der Waals surface area (Å²) >= 11 is 6.60. The lowest BCUT2D eigenvalue weighted by atomic mass is 9.91. The van der Waals surface area contributed by atoms with Crippen LogP contribution < -0.4 is 15.1 Å². The van der Waals surface area contributed by atoms with E-state index in [9.17, 15) is 22.8 Å². The fourth-order valence-corrected chi connectivity index (χ4v) is 5.98. The molecule has 2 fully saturated rings. The number of halogens is 4. The number of alkyl halides is 2. The molecule has 1 N–H and O–H groups in total. The van der Waals surface area contributed by atoms with Crippen molar-refractivity contribution in [3.05, 3.63) is 83.4 Å². The highest BCUT2D eigenvalue weighted by atomic mass is 35.5. The van der Waals surface area contributed by atoms with E-state index in [1.165, 1.54) is 23.1 Å². The minimum absolute atomic E-state index is 0.0720. The summed E-state index contributed by atoms with van der Waals surface area (Å²) in [5.74, 6) is -4.02.